The molecule has 0 aliphatic rings. The first kappa shape index (κ1) is 15.7. The first-order chi connectivity index (χ1) is 8.37. The average Bonchev–Trinajstić information content (AvgIpc) is 2.62. The molecule has 18 heavy (non-hydrogen) atoms. The molecule has 0 spiro atoms. The predicted molar refractivity (Wildman–Crippen MR) is 81.1 cm³/mol. The van der Waals surface area contributed by atoms with E-state index in [0.29, 0.717) is 13.0 Å². The van der Waals surface area contributed by atoms with Crippen LogP contribution in [-0.4, -0.2) is 24.5 Å². The van der Waals surface area contributed by atoms with Crippen LogP contribution in [0.2, 0.25) is 0 Å². The number of hydrogen-bond donors (Lipinski definition) is 2. The molecule has 0 aliphatic heterocycles. The summed E-state index contributed by atoms with van der Waals surface area (Å²) in [4.78, 5) is 12.9. The molecule has 0 saturated carbocycles. The summed E-state index contributed by atoms with van der Waals surface area (Å²) in [5.74, 6) is 0.113. The zero-order valence-corrected chi connectivity index (χ0v) is 13.6. The molecule has 0 aliphatic carbocycles. The molecule has 1 heterocycles. The molecule has 0 radical (unpaired) electrons. The summed E-state index contributed by atoms with van der Waals surface area (Å²) in [6.45, 7) is 7.72. The number of hydrogen-bond acceptors (Lipinski definition) is 3. The van der Waals surface area contributed by atoms with Gasteiger partial charge in [-0.1, -0.05) is 0 Å². The monoisotopic (exact) mass is 332 g/mol. The van der Waals surface area contributed by atoms with E-state index in [4.69, 9.17) is 0 Å². The standard InChI is InChI=1S/C13H21BrN2OS/c1-13(2,3)16-9-7-12(17)15-8-6-10-4-5-11(14)18-10/h4-5,16H,6-9H2,1-3H3,(H,15,17). The lowest BCUT2D eigenvalue weighted by Crippen LogP contribution is -2.38. The van der Waals surface area contributed by atoms with Crippen molar-refractivity contribution in [1.29, 1.82) is 0 Å². The Labute approximate surface area is 121 Å². The van der Waals surface area contributed by atoms with E-state index >= 15 is 0 Å². The highest BCUT2D eigenvalue weighted by molar-refractivity contribution is 9.11. The van der Waals surface area contributed by atoms with Crippen molar-refractivity contribution in [1.82, 2.24) is 10.6 Å². The Balaban J connectivity index is 2.10. The van der Waals surface area contributed by atoms with E-state index in [1.165, 1.54) is 4.88 Å². The van der Waals surface area contributed by atoms with Crippen molar-refractivity contribution in [3.05, 3.63) is 20.8 Å². The van der Waals surface area contributed by atoms with E-state index in [0.717, 1.165) is 16.8 Å². The molecular formula is C13H21BrN2OS. The van der Waals surface area contributed by atoms with Gasteiger partial charge < -0.3 is 10.6 Å². The minimum Gasteiger partial charge on any atom is -0.356 e. The van der Waals surface area contributed by atoms with Crippen molar-refractivity contribution < 1.29 is 4.79 Å². The molecule has 1 aromatic heterocycles. The van der Waals surface area contributed by atoms with E-state index in [-0.39, 0.29) is 11.4 Å². The number of nitrogens with one attached hydrogen (secondary N) is 2. The normalized spacial score (nSPS) is 11.6. The van der Waals surface area contributed by atoms with Crippen molar-refractivity contribution >= 4 is 33.2 Å². The molecule has 1 aromatic rings. The molecular weight excluding hydrogens is 312 g/mol. The Morgan fingerprint density at radius 2 is 2.06 bits per heavy atom. The molecule has 102 valence electrons. The molecule has 0 aromatic carbocycles. The van der Waals surface area contributed by atoms with Gasteiger partial charge in [-0.3, -0.25) is 4.79 Å². The van der Waals surface area contributed by atoms with Crippen molar-refractivity contribution in [3.8, 4) is 0 Å². The molecule has 1 amide bonds. The van der Waals surface area contributed by atoms with E-state index in [9.17, 15) is 4.79 Å². The predicted octanol–water partition coefficient (Wildman–Crippen LogP) is 2.95. The van der Waals surface area contributed by atoms with Crippen LogP contribution in [-0.2, 0) is 11.2 Å². The minimum absolute atomic E-state index is 0.0729. The third kappa shape index (κ3) is 7.13. The molecule has 2 N–H and O–H groups in total. The van der Waals surface area contributed by atoms with Crippen LogP contribution in [0.5, 0.6) is 0 Å². The van der Waals surface area contributed by atoms with Crippen LogP contribution >= 0.6 is 27.3 Å². The summed E-state index contributed by atoms with van der Waals surface area (Å²) >= 11 is 5.14. The summed E-state index contributed by atoms with van der Waals surface area (Å²) in [6.07, 6.45) is 1.43. The highest BCUT2D eigenvalue weighted by Crippen LogP contribution is 2.21. The molecule has 1 rings (SSSR count). The highest BCUT2D eigenvalue weighted by atomic mass is 79.9. The summed E-state index contributed by atoms with van der Waals surface area (Å²) in [6, 6.07) is 4.12. The van der Waals surface area contributed by atoms with Gasteiger partial charge in [0, 0.05) is 29.9 Å². The van der Waals surface area contributed by atoms with E-state index in [1.807, 2.05) is 6.07 Å². The molecule has 0 saturated heterocycles. The first-order valence-electron chi connectivity index (χ1n) is 6.13. The van der Waals surface area contributed by atoms with Gasteiger partial charge in [0.2, 0.25) is 5.91 Å². The van der Waals surface area contributed by atoms with Crippen LogP contribution in [0.1, 0.15) is 32.1 Å². The van der Waals surface area contributed by atoms with Crippen molar-refractivity contribution in [2.75, 3.05) is 13.1 Å². The second kappa shape index (κ2) is 7.26. The van der Waals surface area contributed by atoms with Crippen molar-refractivity contribution in [2.45, 2.75) is 39.2 Å². The third-order valence-electron chi connectivity index (χ3n) is 2.33. The Kier molecular flexibility index (Phi) is 6.32. The van der Waals surface area contributed by atoms with Crippen LogP contribution in [0.3, 0.4) is 0 Å². The van der Waals surface area contributed by atoms with Crippen molar-refractivity contribution in [2.24, 2.45) is 0 Å². The number of rotatable bonds is 6. The fourth-order valence-electron chi connectivity index (χ4n) is 1.45. The van der Waals surface area contributed by atoms with E-state index in [1.54, 1.807) is 11.3 Å². The van der Waals surface area contributed by atoms with Crippen molar-refractivity contribution in [3.63, 3.8) is 0 Å². The lowest BCUT2D eigenvalue weighted by molar-refractivity contribution is -0.121. The molecule has 5 heteroatoms. The summed E-state index contributed by atoms with van der Waals surface area (Å²) in [7, 11) is 0. The van der Waals surface area contributed by atoms with Crippen LogP contribution in [0.25, 0.3) is 0 Å². The van der Waals surface area contributed by atoms with Gasteiger partial charge in [-0.25, -0.2) is 0 Å². The maximum absolute atomic E-state index is 11.6. The van der Waals surface area contributed by atoms with Gasteiger partial charge >= 0.3 is 0 Å². The zero-order chi connectivity index (χ0) is 13.6. The SMILES string of the molecule is CC(C)(C)NCCC(=O)NCCc1ccc(Br)s1. The Bertz CT molecular complexity index is 385. The van der Waals surface area contributed by atoms with Gasteiger partial charge in [-0.05, 0) is 55.3 Å². The van der Waals surface area contributed by atoms with Gasteiger partial charge in [0.05, 0.1) is 3.79 Å². The topological polar surface area (TPSA) is 41.1 Å². The fourth-order valence-corrected chi connectivity index (χ4v) is 2.93. The molecule has 0 bridgehead atoms. The number of carbonyl (C=O) groups excluding carboxylic acids is 1. The van der Waals surface area contributed by atoms with Crippen LogP contribution in [0, 0.1) is 0 Å². The second-order valence-electron chi connectivity index (χ2n) is 5.23. The molecule has 0 unspecified atom stereocenters. The van der Waals surface area contributed by atoms with Gasteiger partial charge in [0.25, 0.3) is 0 Å². The van der Waals surface area contributed by atoms with Gasteiger partial charge in [-0.15, -0.1) is 11.3 Å². The van der Waals surface area contributed by atoms with Crippen LogP contribution in [0.15, 0.2) is 15.9 Å². The summed E-state index contributed by atoms with van der Waals surface area (Å²) < 4.78 is 1.14. The number of amides is 1. The number of halogens is 1. The lowest BCUT2D eigenvalue weighted by Gasteiger charge is -2.20. The summed E-state index contributed by atoms with van der Waals surface area (Å²) in [5.41, 5.74) is 0.0729. The summed E-state index contributed by atoms with van der Waals surface area (Å²) in [5, 5.41) is 6.24. The second-order valence-corrected chi connectivity index (χ2v) is 7.78. The smallest absolute Gasteiger partial charge is 0.221 e. The van der Waals surface area contributed by atoms with E-state index < -0.39 is 0 Å². The molecule has 3 nitrogen and oxygen atoms in total. The van der Waals surface area contributed by atoms with E-state index in [2.05, 4.69) is 53.4 Å². The average molecular weight is 333 g/mol. The van der Waals surface area contributed by atoms with Crippen LogP contribution in [0.4, 0.5) is 0 Å². The first-order valence-corrected chi connectivity index (χ1v) is 7.74. The highest BCUT2D eigenvalue weighted by Gasteiger charge is 2.09. The fraction of sp³-hybridized carbons (Fsp3) is 0.615. The zero-order valence-electron chi connectivity index (χ0n) is 11.2. The Morgan fingerprint density at radius 1 is 1.33 bits per heavy atom. The number of thiophene rings is 1. The third-order valence-corrected chi connectivity index (χ3v) is 4.01. The number of carbonyl (C=O) groups is 1. The van der Waals surface area contributed by atoms with Gasteiger partial charge in [-0.2, -0.15) is 0 Å². The maximum atomic E-state index is 11.6. The largest absolute Gasteiger partial charge is 0.356 e. The molecule has 0 atom stereocenters. The minimum atomic E-state index is 0.0729. The maximum Gasteiger partial charge on any atom is 0.221 e. The van der Waals surface area contributed by atoms with Gasteiger partial charge in [0.15, 0.2) is 0 Å². The Morgan fingerprint density at radius 3 is 2.61 bits per heavy atom. The quantitative estimate of drug-likeness (QED) is 0.840. The lowest BCUT2D eigenvalue weighted by atomic mass is 10.1. The molecule has 0 fully saturated rings. The Hall–Kier alpha value is -0.390. The van der Waals surface area contributed by atoms with Gasteiger partial charge in [0.1, 0.15) is 0 Å². The van der Waals surface area contributed by atoms with Crippen LogP contribution < -0.4 is 10.6 Å².